The fraction of sp³-hybridized carbons (Fsp3) is 0.333. The summed E-state index contributed by atoms with van der Waals surface area (Å²) in [6, 6.07) is 0. The van der Waals surface area contributed by atoms with Gasteiger partial charge in [0.2, 0.25) is 5.13 Å². The number of nitrogens with zero attached hydrogens (tertiary/aromatic N) is 2. The molecule has 0 saturated carbocycles. The molecule has 2 aromatic heterocycles. The van der Waals surface area contributed by atoms with Gasteiger partial charge in [-0.1, -0.05) is 13.8 Å². The van der Waals surface area contributed by atoms with E-state index in [4.69, 9.17) is 0 Å². The van der Waals surface area contributed by atoms with Crippen LogP contribution < -0.4 is 4.80 Å². The molecule has 0 bridgehead atoms. The Hall–Kier alpha value is -0.940. The smallest absolute Gasteiger partial charge is 0.211 e. The second-order valence-corrected chi connectivity index (χ2v) is 5.11. The molecular weight excluding hydrogens is 214 g/mol. The molecule has 3 nitrogen and oxygen atoms in total. The molecule has 1 N–H and O–H groups in total. The van der Waals surface area contributed by atoms with Crippen LogP contribution in [0.5, 0.6) is 0 Å². The molecule has 0 aliphatic carbocycles. The highest BCUT2D eigenvalue weighted by molar-refractivity contribution is 7.13. The minimum Gasteiger partial charge on any atom is -0.337 e. The van der Waals surface area contributed by atoms with E-state index < -0.39 is 0 Å². The van der Waals surface area contributed by atoms with Crippen molar-refractivity contribution in [1.82, 2.24) is 9.97 Å². The maximum Gasteiger partial charge on any atom is 0.211 e. The second kappa shape index (κ2) is 4.06. The predicted octanol–water partition coefficient (Wildman–Crippen LogP) is 2.89. The van der Waals surface area contributed by atoms with Crippen LogP contribution in [-0.2, 0) is 0 Å². The first-order chi connectivity index (χ1) is 6.75. The molecule has 0 atom stereocenters. The molecule has 0 fully saturated rings. The summed E-state index contributed by atoms with van der Waals surface area (Å²) in [6.07, 6.45) is 3.78. The van der Waals surface area contributed by atoms with Gasteiger partial charge in [0.15, 0.2) is 4.80 Å². The number of aromatic nitrogens is 2. The van der Waals surface area contributed by atoms with Gasteiger partial charge in [-0.05, 0) is 5.92 Å². The topological polar surface area (TPSA) is 41.0 Å². The monoisotopic (exact) mass is 225 g/mol. The third kappa shape index (κ3) is 2.10. The summed E-state index contributed by atoms with van der Waals surface area (Å²) in [6.45, 7) is 4.35. The van der Waals surface area contributed by atoms with Gasteiger partial charge >= 0.3 is 0 Å². The fourth-order valence-electron chi connectivity index (χ4n) is 1.00. The van der Waals surface area contributed by atoms with Gasteiger partial charge in [0.25, 0.3) is 0 Å². The third-order valence-corrected chi connectivity index (χ3v) is 3.63. The Morgan fingerprint density at radius 1 is 1.50 bits per heavy atom. The number of hydrogen-bond donors (Lipinski definition) is 1. The Morgan fingerprint density at radius 2 is 2.36 bits per heavy atom. The van der Waals surface area contributed by atoms with Gasteiger partial charge in [0, 0.05) is 22.7 Å². The van der Waals surface area contributed by atoms with Gasteiger partial charge in [0.1, 0.15) is 0 Å². The average Bonchev–Trinajstić information content (AvgIpc) is 2.75. The van der Waals surface area contributed by atoms with Crippen molar-refractivity contribution in [1.29, 1.82) is 0 Å². The lowest BCUT2D eigenvalue weighted by Crippen LogP contribution is -1.93. The molecule has 5 heteroatoms. The molecular formula is C9H11N3S2. The molecule has 0 unspecified atom stereocenters. The SMILES string of the molecule is CC(C)c1c[nH]/c(=N\c2nccs2)s1. The maximum atomic E-state index is 4.37. The standard InChI is InChI=1S/C9H11N3S2/c1-6(2)7-5-11-9(14-7)12-8-10-3-4-13-8/h3-6H,1-2H3,(H,10,11,12). The maximum absolute atomic E-state index is 4.37. The minimum atomic E-state index is 0.552. The van der Waals surface area contributed by atoms with Crippen LogP contribution in [0.4, 0.5) is 5.13 Å². The van der Waals surface area contributed by atoms with E-state index in [1.165, 1.54) is 4.88 Å². The van der Waals surface area contributed by atoms with E-state index in [-0.39, 0.29) is 0 Å². The van der Waals surface area contributed by atoms with Crippen molar-refractivity contribution in [2.75, 3.05) is 0 Å². The highest BCUT2D eigenvalue weighted by atomic mass is 32.1. The van der Waals surface area contributed by atoms with Crippen LogP contribution in [0.1, 0.15) is 24.6 Å². The van der Waals surface area contributed by atoms with E-state index in [2.05, 4.69) is 28.8 Å². The first kappa shape index (κ1) is 9.61. The van der Waals surface area contributed by atoms with Crippen LogP contribution in [0.25, 0.3) is 0 Å². The lowest BCUT2D eigenvalue weighted by molar-refractivity contribution is 0.885. The van der Waals surface area contributed by atoms with Gasteiger partial charge in [-0.15, -0.1) is 22.7 Å². The highest BCUT2D eigenvalue weighted by Crippen LogP contribution is 2.17. The molecule has 0 saturated heterocycles. The molecule has 14 heavy (non-hydrogen) atoms. The van der Waals surface area contributed by atoms with Gasteiger partial charge in [-0.25, -0.2) is 4.98 Å². The summed E-state index contributed by atoms with van der Waals surface area (Å²) in [5, 5.41) is 2.73. The summed E-state index contributed by atoms with van der Waals surface area (Å²) in [5.41, 5.74) is 0. The molecule has 0 spiro atoms. The summed E-state index contributed by atoms with van der Waals surface area (Å²) in [4.78, 5) is 13.9. The van der Waals surface area contributed by atoms with Gasteiger partial charge < -0.3 is 4.98 Å². The van der Waals surface area contributed by atoms with Crippen molar-refractivity contribution in [3.8, 4) is 0 Å². The van der Waals surface area contributed by atoms with Crippen LogP contribution in [0, 0.1) is 0 Å². The molecule has 2 rings (SSSR count). The van der Waals surface area contributed by atoms with Crippen molar-refractivity contribution < 1.29 is 0 Å². The first-order valence-electron chi connectivity index (χ1n) is 4.38. The Bertz CT molecular complexity index is 450. The molecule has 0 aliphatic heterocycles. The lowest BCUT2D eigenvalue weighted by atomic mass is 10.2. The van der Waals surface area contributed by atoms with Crippen LogP contribution in [0.3, 0.4) is 0 Å². The van der Waals surface area contributed by atoms with Crippen molar-refractivity contribution in [2.45, 2.75) is 19.8 Å². The fourth-order valence-corrected chi connectivity index (χ4v) is 2.39. The van der Waals surface area contributed by atoms with E-state index in [9.17, 15) is 0 Å². The minimum absolute atomic E-state index is 0.552. The Balaban J connectivity index is 2.33. The van der Waals surface area contributed by atoms with E-state index >= 15 is 0 Å². The normalized spacial score (nSPS) is 12.6. The molecule has 0 aliphatic rings. The van der Waals surface area contributed by atoms with E-state index in [1.807, 2.05) is 11.6 Å². The number of thiazole rings is 2. The molecule has 0 aromatic carbocycles. The van der Waals surface area contributed by atoms with Gasteiger partial charge in [-0.3, -0.25) is 0 Å². The number of rotatable bonds is 2. The zero-order valence-electron chi connectivity index (χ0n) is 8.02. The van der Waals surface area contributed by atoms with Crippen molar-refractivity contribution in [2.24, 2.45) is 4.99 Å². The van der Waals surface area contributed by atoms with Gasteiger partial charge in [-0.2, -0.15) is 4.99 Å². The van der Waals surface area contributed by atoms with Crippen LogP contribution in [0.2, 0.25) is 0 Å². The zero-order chi connectivity index (χ0) is 9.97. The quantitative estimate of drug-likeness (QED) is 0.839. The van der Waals surface area contributed by atoms with Crippen LogP contribution >= 0.6 is 22.7 Å². The van der Waals surface area contributed by atoms with Crippen LogP contribution in [0.15, 0.2) is 22.8 Å². The second-order valence-electron chi connectivity index (χ2n) is 3.18. The van der Waals surface area contributed by atoms with Crippen molar-refractivity contribution >= 4 is 27.8 Å². The summed E-state index contributed by atoms with van der Waals surface area (Å²) in [7, 11) is 0. The molecule has 0 amide bonds. The summed E-state index contributed by atoms with van der Waals surface area (Å²) < 4.78 is 0. The number of nitrogens with one attached hydrogen (secondary N) is 1. The number of hydrogen-bond acceptors (Lipinski definition) is 4. The zero-order valence-corrected chi connectivity index (χ0v) is 9.65. The molecule has 2 heterocycles. The Labute approximate surface area is 90.2 Å². The number of aromatic amines is 1. The Morgan fingerprint density at radius 3 is 2.93 bits per heavy atom. The highest BCUT2D eigenvalue weighted by Gasteiger charge is 2.00. The lowest BCUT2D eigenvalue weighted by Gasteiger charge is -1.94. The van der Waals surface area contributed by atoms with E-state index in [0.29, 0.717) is 5.92 Å². The van der Waals surface area contributed by atoms with E-state index in [0.717, 1.165) is 9.93 Å². The van der Waals surface area contributed by atoms with E-state index in [1.54, 1.807) is 28.9 Å². The molecule has 0 radical (unpaired) electrons. The first-order valence-corrected chi connectivity index (χ1v) is 6.08. The number of H-pyrrole nitrogens is 1. The summed E-state index contributed by atoms with van der Waals surface area (Å²) in [5.74, 6) is 0.552. The van der Waals surface area contributed by atoms with Crippen LogP contribution in [-0.4, -0.2) is 9.97 Å². The predicted molar refractivity (Wildman–Crippen MR) is 60.1 cm³/mol. The molecule has 74 valence electrons. The Kier molecular flexibility index (Phi) is 2.79. The third-order valence-electron chi connectivity index (χ3n) is 1.74. The summed E-state index contributed by atoms with van der Waals surface area (Å²) >= 11 is 3.23. The largest absolute Gasteiger partial charge is 0.337 e. The average molecular weight is 225 g/mol. The van der Waals surface area contributed by atoms with Crippen molar-refractivity contribution in [3.05, 3.63) is 27.5 Å². The van der Waals surface area contributed by atoms with Crippen molar-refractivity contribution in [3.63, 3.8) is 0 Å². The van der Waals surface area contributed by atoms with Gasteiger partial charge in [0.05, 0.1) is 0 Å². The molecule has 2 aromatic rings.